The zero-order valence-corrected chi connectivity index (χ0v) is 17.1. The van der Waals surface area contributed by atoms with Gasteiger partial charge in [0.05, 0.1) is 13.7 Å². The van der Waals surface area contributed by atoms with Gasteiger partial charge in [-0.25, -0.2) is 4.98 Å². The smallest absolute Gasteiger partial charge is 0.220 e. The molecule has 3 rings (SSSR count). The average molecular weight is 393 g/mol. The van der Waals surface area contributed by atoms with Crippen molar-refractivity contribution in [3.63, 3.8) is 0 Å². The fraction of sp³-hybridized carbons (Fsp3) is 0.304. The molecule has 29 heavy (non-hydrogen) atoms. The first-order valence-electron chi connectivity index (χ1n) is 9.67. The summed E-state index contributed by atoms with van der Waals surface area (Å²) in [6, 6.07) is 15.2. The number of carbonyl (C=O) groups is 1. The molecular formula is C23H27N3O3. The summed E-state index contributed by atoms with van der Waals surface area (Å²) in [4.78, 5) is 17.0. The van der Waals surface area contributed by atoms with Gasteiger partial charge in [0.25, 0.3) is 0 Å². The Labute approximate surface area is 171 Å². The lowest BCUT2D eigenvalue weighted by molar-refractivity contribution is -0.121. The fourth-order valence-corrected chi connectivity index (χ4v) is 3.11. The van der Waals surface area contributed by atoms with Crippen LogP contribution < -0.4 is 14.8 Å². The normalized spacial score (nSPS) is 11.7. The molecule has 0 fully saturated rings. The molecule has 1 atom stereocenters. The van der Waals surface area contributed by atoms with E-state index < -0.39 is 0 Å². The molecule has 1 amide bonds. The Morgan fingerprint density at radius 3 is 2.62 bits per heavy atom. The van der Waals surface area contributed by atoms with Crippen LogP contribution in [0.2, 0.25) is 0 Å². The maximum atomic E-state index is 12.6. The number of hydrogen-bond acceptors (Lipinski definition) is 4. The van der Waals surface area contributed by atoms with Gasteiger partial charge in [0.2, 0.25) is 5.91 Å². The minimum Gasteiger partial charge on any atom is -0.497 e. The highest BCUT2D eigenvalue weighted by Gasteiger charge is 2.20. The summed E-state index contributed by atoms with van der Waals surface area (Å²) >= 11 is 0. The van der Waals surface area contributed by atoms with Crippen LogP contribution in [0.3, 0.4) is 0 Å². The molecule has 0 aliphatic carbocycles. The first kappa shape index (κ1) is 20.5. The number of hydrogen-bond donors (Lipinski definition) is 1. The molecule has 152 valence electrons. The Morgan fingerprint density at radius 1 is 1.17 bits per heavy atom. The largest absolute Gasteiger partial charge is 0.497 e. The number of ether oxygens (including phenoxy) is 2. The summed E-state index contributed by atoms with van der Waals surface area (Å²) in [7, 11) is 3.55. The SMILES string of the molecule is COc1ccc(C(NC(=O)CCCOc2cccc(C)c2)c2nccn2C)cc1. The number of nitrogens with zero attached hydrogens (tertiary/aromatic N) is 2. The summed E-state index contributed by atoms with van der Waals surface area (Å²) in [6.45, 7) is 2.52. The predicted octanol–water partition coefficient (Wildman–Crippen LogP) is 3.80. The Hall–Kier alpha value is -3.28. The molecule has 2 aromatic carbocycles. The van der Waals surface area contributed by atoms with Crippen LogP contribution in [0.4, 0.5) is 0 Å². The van der Waals surface area contributed by atoms with Crippen molar-refractivity contribution in [2.24, 2.45) is 7.05 Å². The lowest BCUT2D eigenvalue weighted by Crippen LogP contribution is -2.31. The topological polar surface area (TPSA) is 65.4 Å². The van der Waals surface area contributed by atoms with Crippen LogP contribution in [-0.2, 0) is 11.8 Å². The molecule has 0 bridgehead atoms. The number of methoxy groups -OCH3 is 1. The van der Waals surface area contributed by atoms with Gasteiger partial charge < -0.3 is 19.4 Å². The van der Waals surface area contributed by atoms with Gasteiger partial charge in [-0.1, -0.05) is 24.3 Å². The second-order valence-electron chi connectivity index (χ2n) is 6.94. The standard InChI is InChI=1S/C23H27N3O3/c1-17-6-4-7-20(16-17)29-15-5-8-21(27)25-22(23-24-13-14-26(23)2)18-9-11-19(28-3)12-10-18/h4,6-7,9-14,16,22H,5,8,15H2,1-3H3,(H,25,27). The molecule has 6 nitrogen and oxygen atoms in total. The summed E-state index contributed by atoms with van der Waals surface area (Å²) in [5.74, 6) is 2.34. The van der Waals surface area contributed by atoms with Crippen molar-refractivity contribution in [3.8, 4) is 11.5 Å². The zero-order valence-electron chi connectivity index (χ0n) is 17.1. The number of amides is 1. The van der Waals surface area contributed by atoms with Crippen molar-refractivity contribution in [1.82, 2.24) is 14.9 Å². The lowest BCUT2D eigenvalue weighted by atomic mass is 10.1. The van der Waals surface area contributed by atoms with Gasteiger partial charge in [-0.15, -0.1) is 0 Å². The van der Waals surface area contributed by atoms with Crippen LogP contribution in [0.15, 0.2) is 60.9 Å². The fourth-order valence-electron chi connectivity index (χ4n) is 3.11. The van der Waals surface area contributed by atoms with Gasteiger partial charge in [-0.2, -0.15) is 0 Å². The van der Waals surface area contributed by atoms with E-state index in [-0.39, 0.29) is 11.9 Å². The summed E-state index contributed by atoms with van der Waals surface area (Å²) in [6.07, 6.45) is 4.61. The van der Waals surface area contributed by atoms with Gasteiger partial charge >= 0.3 is 0 Å². The van der Waals surface area contributed by atoms with Gasteiger partial charge in [0.15, 0.2) is 0 Å². The molecule has 3 aromatic rings. The highest BCUT2D eigenvalue weighted by molar-refractivity contribution is 5.76. The molecule has 1 N–H and O–H groups in total. The van der Waals surface area contributed by atoms with Crippen molar-refractivity contribution in [1.29, 1.82) is 0 Å². The Balaban J connectivity index is 1.59. The lowest BCUT2D eigenvalue weighted by Gasteiger charge is -2.19. The maximum Gasteiger partial charge on any atom is 0.220 e. The van der Waals surface area contributed by atoms with Crippen LogP contribution in [0, 0.1) is 6.92 Å². The van der Waals surface area contributed by atoms with E-state index in [4.69, 9.17) is 9.47 Å². The Kier molecular flexibility index (Phi) is 6.89. The highest BCUT2D eigenvalue weighted by Crippen LogP contribution is 2.23. The van der Waals surface area contributed by atoms with E-state index in [1.54, 1.807) is 13.3 Å². The van der Waals surface area contributed by atoms with Crippen molar-refractivity contribution in [3.05, 3.63) is 77.9 Å². The average Bonchev–Trinajstić information content (AvgIpc) is 3.15. The number of rotatable bonds is 9. The van der Waals surface area contributed by atoms with Gasteiger partial charge in [-0.05, 0) is 48.7 Å². The van der Waals surface area contributed by atoms with Crippen LogP contribution in [-0.4, -0.2) is 29.2 Å². The van der Waals surface area contributed by atoms with Gasteiger partial charge in [0.1, 0.15) is 23.4 Å². The Morgan fingerprint density at radius 2 is 1.97 bits per heavy atom. The zero-order chi connectivity index (χ0) is 20.6. The summed E-state index contributed by atoms with van der Waals surface area (Å²) < 4.78 is 12.9. The van der Waals surface area contributed by atoms with E-state index in [0.717, 1.165) is 28.5 Å². The van der Waals surface area contributed by atoms with E-state index in [1.165, 1.54) is 0 Å². The second kappa shape index (κ2) is 9.78. The molecule has 0 spiro atoms. The van der Waals surface area contributed by atoms with E-state index >= 15 is 0 Å². The Bertz CT molecular complexity index is 935. The molecule has 0 aliphatic heterocycles. The minimum absolute atomic E-state index is 0.0401. The van der Waals surface area contributed by atoms with Crippen molar-refractivity contribution < 1.29 is 14.3 Å². The third-order valence-electron chi connectivity index (χ3n) is 4.68. The van der Waals surface area contributed by atoms with Gasteiger partial charge in [-0.3, -0.25) is 4.79 Å². The van der Waals surface area contributed by atoms with Gasteiger partial charge in [0, 0.05) is 25.9 Å². The third kappa shape index (κ3) is 5.60. The van der Waals surface area contributed by atoms with Crippen molar-refractivity contribution in [2.45, 2.75) is 25.8 Å². The molecule has 0 radical (unpaired) electrons. The molecule has 0 aliphatic rings. The van der Waals surface area contributed by atoms with Crippen LogP contribution >= 0.6 is 0 Å². The molecule has 1 aromatic heterocycles. The van der Waals surface area contributed by atoms with Crippen LogP contribution in [0.1, 0.15) is 35.8 Å². The minimum atomic E-state index is -0.328. The molecular weight excluding hydrogens is 366 g/mol. The second-order valence-corrected chi connectivity index (χ2v) is 6.94. The van der Waals surface area contributed by atoms with Crippen molar-refractivity contribution >= 4 is 5.91 Å². The van der Waals surface area contributed by atoms with Crippen LogP contribution in [0.25, 0.3) is 0 Å². The summed E-state index contributed by atoms with van der Waals surface area (Å²) in [5.41, 5.74) is 2.10. The molecule has 1 heterocycles. The number of nitrogens with one attached hydrogen (secondary N) is 1. The molecule has 0 saturated heterocycles. The highest BCUT2D eigenvalue weighted by atomic mass is 16.5. The predicted molar refractivity (Wildman–Crippen MR) is 112 cm³/mol. The third-order valence-corrected chi connectivity index (χ3v) is 4.68. The van der Waals surface area contributed by atoms with E-state index in [1.807, 2.05) is 73.3 Å². The number of aromatic nitrogens is 2. The monoisotopic (exact) mass is 393 g/mol. The maximum absolute atomic E-state index is 12.6. The molecule has 6 heteroatoms. The van der Waals surface area contributed by atoms with E-state index in [9.17, 15) is 4.79 Å². The van der Waals surface area contributed by atoms with Crippen molar-refractivity contribution in [2.75, 3.05) is 13.7 Å². The number of aryl methyl sites for hydroxylation is 2. The van der Waals surface area contributed by atoms with Crippen LogP contribution in [0.5, 0.6) is 11.5 Å². The first-order valence-corrected chi connectivity index (χ1v) is 9.67. The number of imidazole rings is 1. The molecule has 0 saturated carbocycles. The number of benzene rings is 2. The molecule has 1 unspecified atom stereocenters. The summed E-state index contributed by atoms with van der Waals surface area (Å²) in [5, 5.41) is 3.10. The van der Waals surface area contributed by atoms with E-state index in [2.05, 4.69) is 10.3 Å². The first-order chi connectivity index (χ1) is 14.1. The quantitative estimate of drug-likeness (QED) is 0.562. The number of carbonyl (C=O) groups excluding carboxylic acids is 1. The van der Waals surface area contributed by atoms with E-state index in [0.29, 0.717) is 19.4 Å².